The average Bonchev–Trinajstić information content (AvgIpc) is 2.36. The van der Waals surface area contributed by atoms with Gasteiger partial charge in [-0.15, -0.1) is 0 Å². The second kappa shape index (κ2) is 11.2. The molecule has 0 amide bonds. The zero-order valence-corrected chi connectivity index (χ0v) is 11.3. The van der Waals surface area contributed by atoms with Gasteiger partial charge in [0.25, 0.3) is 0 Å². The molecule has 0 saturated heterocycles. The highest BCUT2D eigenvalue weighted by Gasteiger charge is 2.17. The van der Waals surface area contributed by atoms with Gasteiger partial charge in [0.1, 0.15) is 0 Å². The van der Waals surface area contributed by atoms with Crippen molar-refractivity contribution in [3.8, 4) is 0 Å². The van der Waals surface area contributed by atoms with Crippen molar-refractivity contribution in [1.82, 2.24) is 0 Å². The SMILES string of the molecule is C=CC(=O)OCC(CCCCCCCC)C(O)O. The van der Waals surface area contributed by atoms with Crippen molar-refractivity contribution in [2.75, 3.05) is 6.61 Å². The van der Waals surface area contributed by atoms with Crippen LogP contribution in [-0.2, 0) is 9.53 Å². The lowest BCUT2D eigenvalue weighted by molar-refractivity contribution is -0.146. The van der Waals surface area contributed by atoms with Crippen LogP contribution in [0.15, 0.2) is 12.7 Å². The molecule has 0 fully saturated rings. The van der Waals surface area contributed by atoms with E-state index in [1.807, 2.05) is 0 Å². The summed E-state index contributed by atoms with van der Waals surface area (Å²) in [4.78, 5) is 10.9. The highest BCUT2D eigenvalue weighted by molar-refractivity contribution is 5.81. The molecule has 18 heavy (non-hydrogen) atoms. The Labute approximate surface area is 110 Å². The van der Waals surface area contributed by atoms with Crippen LogP contribution in [0, 0.1) is 5.92 Å². The molecule has 1 unspecified atom stereocenters. The van der Waals surface area contributed by atoms with Crippen LogP contribution in [0.3, 0.4) is 0 Å². The van der Waals surface area contributed by atoms with Gasteiger partial charge in [-0.25, -0.2) is 4.79 Å². The summed E-state index contributed by atoms with van der Waals surface area (Å²) >= 11 is 0. The van der Waals surface area contributed by atoms with E-state index in [1.54, 1.807) is 0 Å². The highest BCUT2D eigenvalue weighted by Crippen LogP contribution is 2.15. The third kappa shape index (κ3) is 9.19. The number of rotatable bonds is 11. The fourth-order valence-electron chi connectivity index (χ4n) is 1.75. The summed E-state index contributed by atoms with van der Waals surface area (Å²) in [7, 11) is 0. The minimum atomic E-state index is -1.43. The Morgan fingerprint density at radius 3 is 2.39 bits per heavy atom. The highest BCUT2D eigenvalue weighted by atomic mass is 16.5. The van der Waals surface area contributed by atoms with Crippen LogP contribution in [0.1, 0.15) is 51.9 Å². The lowest BCUT2D eigenvalue weighted by Gasteiger charge is -2.18. The Bertz CT molecular complexity index is 226. The van der Waals surface area contributed by atoms with Crippen molar-refractivity contribution in [2.45, 2.75) is 58.2 Å². The number of esters is 1. The Morgan fingerprint density at radius 1 is 1.22 bits per heavy atom. The van der Waals surface area contributed by atoms with Gasteiger partial charge in [-0.2, -0.15) is 0 Å². The maximum atomic E-state index is 10.9. The maximum Gasteiger partial charge on any atom is 0.330 e. The quantitative estimate of drug-likeness (QED) is 0.258. The standard InChI is InChI=1S/C14H26O4/c1-3-5-6-7-8-9-10-12(14(16)17)11-18-13(15)4-2/h4,12,14,16-17H,2-3,5-11H2,1H3. The van der Waals surface area contributed by atoms with Gasteiger partial charge >= 0.3 is 5.97 Å². The molecule has 4 heteroatoms. The molecule has 0 aliphatic rings. The van der Waals surface area contributed by atoms with Crippen LogP contribution in [0.5, 0.6) is 0 Å². The smallest absolute Gasteiger partial charge is 0.330 e. The molecule has 0 bridgehead atoms. The molecule has 0 saturated carbocycles. The summed E-state index contributed by atoms with van der Waals surface area (Å²) in [5.41, 5.74) is 0. The summed E-state index contributed by atoms with van der Waals surface area (Å²) < 4.78 is 4.83. The number of aliphatic hydroxyl groups is 2. The molecule has 106 valence electrons. The van der Waals surface area contributed by atoms with E-state index in [2.05, 4.69) is 13.5 Å². The number of ether oxygens (including phenoxy) is 1. The van der Waals surface area contributed by atoms with Crippen molar-refractivity contribution in [3.63, 3.8) is 0 Å². The summed E-state index contributed by atoms with van der Waals surface area (Å²) in [5.74, 6) is -0.927. The first-order valence-electron chi connectivity index (χ1n) is 6.77. The maximum absolute atomic E-state index is 10.9. The second-order valence-electron chi connectivity index (χ2n) is 4.56. The predicted molar refractivity (Wildman–Crippen MR) is 70.9 cm³/mol. The monoisotopic (exact) mass is 258 g/mol. The number of carbonyl (C=O) groups excluding carboxylic acids is 1. The topological polar surface area (TPSA) is 66.8 Å². The van der Waals surface area contributed by atoms with Crippen molar-refractivity contribution in [3.05, 3.63) is 12.7 Å². The Morgan fingerprint density at radius 2 is 1.83 bits per heavy atom. The zero-order chi connectivity index (χ0) is 13.8. The first-order valence-corrected chi connectivity index (χ1v) is 6.77. The molecule has 0 aromatic heterocycles. The van der Waals surface area contributed by atoms with E-state index < -0.39 is 18.2 Å². The molecule has 4 nitrogen and oxygen atoms in total. The van der Waals surface area contributed by atoms with Gasteiger partial charge in [0.15, 0.2) is 6.29 Å². The van der Waals surface area contributed by atoms with E-state index in [9.17, 15) is 15.0 Å². The Kier molecular flexibility index (Phi) is 10.7. The summed E-state index contributed by atoms with van der Waals surface area (Å²) in [6.45, 7) is 5.50. The molecule has 0 spiro atoms. The van der Waals surface area contributed by atoms with E-state index in [4.69, 9.17) is 4.74 Å². The van der Waals surface area contributed by atoms with Crippen LogP contribution >= 0.6 is 0 Å². The average molecular weight is 258 g/mol. The molecule has 0 aliphatic heterocycles. The molecule has 0 rings (SSSR count). The molecule has 2 N–H and O–H groups in total. The first kappa shape index (κ1) is 17.1. The van der Waals surface area contributed by atoms with E-state index in [1.165, 1.54) is 25.7 Å². The van der Waals surface area contributed by atoms with Gasteiger partial charge in [0.05, 0.1) is 6.61 Å². The summed E-state index contributed by atoms with van der Waals surface area (Å²) in [5, 5.41) is 18.4. The second-order valence-corrected chi connectivity index (χ2v) is 4.56. The minimum absolute atomic E-state index is 0.0392. The molecule has 0 heterocycles. The first-order chi connectivity index (χ1) is 8.61. The van der Waals surface area contributed by atoms with Gasteiger partial charge in [0, 0.05) is 12.0 Å². The molecular formula is C14H26O4. The Balaban J connectivity index is 3.70. The summed E-state index contributed by atoms with van der Waals surface area (Å²) in [6, 6.07) is 0. The molecular weight excluding hydrogens is 232 g/mol. The third-order valence-electron chi connectivity index (χ3n) is 2.96. The molecule has 0 aromatic rings. The van der Waals surface area contributed by atoms with Crippen LogP contribution in [0.2, 0.25) is 0 Å². The van der Waals surface area contributed by atoms with Crippen molar-refractivity contribution in [2.24, 2.45) is 5.92 Å². The van der Waals surface area contributed by atoms with Crippen molar-refractivity contribution >= 4 is 5.97 Å². The third-order valence-corrected chi connectivity index (χ3v) is 2.96. The van der Waals surface area contributed by atoms with E-state index in [-0.39, 0.29) is 6.61 Å². The number of hydrogen-bond acceptors (Lipinski definition) is 4. The minimum Gasteiger partial charge on any atom is -0.462 e. The Hall–Kier alpha value is -0.870. The van der Waals surface area contributed by atoms with E-state index in [0.717, 1.165) is 18.9 Å². The van der Waals surface area contributed by atoms with Gasteiger partial charge in [-0.1, -0.05) is 52.0 Å². The molecule has 0 radical (unpaired) electrons. The number of aliphatic hydroxyl groups excluding tert-OH is 1. The van der Waals surface area contributed by atoms with Gasteiger partial charge in [-0.05, 0) is 6.42 Å². The number of hydrogen-bond donors (Lipinski definition) is 2. The molecule has 0 aliphatic carbocycles. The fourth-order valence-corrected chi connectivity index (χ4v) is 1.75. The normalized spacial score (nSPS) is 12.4. The fraction of sp³-hybridized carbons (Fsp3) is 0.786. The molecule has 0 aromatic carbocycles. The lowest BCUT2D eigenvalue weighted by atomic mass is 10.0. The van der Waals surface area contributed by atoms with Gasteiger partial charge in [0.2, 0.25) is 0 Å². The van der Waals surface area contributed by atoms with E-state index >= 15 is 0 Å². The van der Waals surface area contributed by atoms with Crippen molar-refractivity contribution in [1.29, 1.82) is 0 Å². The predicted octanol–water partition coefficient (Wildman–Crippen LogP) is 2.39. The van der Waals surface area contributed by atoms with E-state index in [0.29, 0.717) is 6.42 Å². The molecule has 1 atom stereocenters. The van der Waals surface area contributed by atoms with Crippen LogP contribution in [0.25, 0.3) is 0 Å². The largest absolute Gasteiger partial charge is 0.462 e. The van der Waals surface area contributed by atoms with Crippen LogP contribution < -0.4 is 0 Å². The number of unbranched alkanes of at least 4 members (excludes halogenated alkanes) is 5. The van der Waals surface area contributed by atoms with Gasteiger partial charge < -0.3 is 14.9 Å². The van der Waals surface area contributed by atoms with Crippen LogP contribution in [-0.4, -0.2) is 29.1 Å². The van der Waals surface area contributed by atoms with Crippen LogP contribution in [0.4, 0.5) is 0 Å². The number of carbonyl (C=O) groups is 1. The zero-order valence-electron chi connectivity index (χ0n) is 11.3. The lowest BCUT2D eigenvalue weighted by Crippen LogP contribution is -2.25. The summed E-state index contributed by atoms with van der Waals surface area (Å²) in [6.07, 6.45) is 7.19. The van der Waals surface area contributed by atoms with Crippen molar-refractivity contribution < 1.29 is 19.7 Å². The van der Waals surface area contributed by atoms with Gasteiger partial charge in [-0.3, -0.25) is 0 Å².